The maximum atomic E-state index is 13.6. The third-order valence-electron chi connectivity index (χ3n) is 6.85. The first kappa shape index (κ1) is 22.7. The zero-order chi connectivity index (χ0) is 25.1. The van der Waals surface area contributed by atoms with Gasteiger partial charge in [-0.15, -0.1) is 0 Å². The van der Waals surface area contributed by atoms with Crippen LogP contribution in [0.1, 0.15) is 24.0 Å². The number of nitriles is 1. The Morgan fingerprint density at radius 1 is 1.22 bits per heavy atom. The van der Waals surface area contributed by atoms with E-state index in [1.54, 1.807) is 25.5 Å². The smallest absolute Gasteiger partial charge is 0.265 e. The lowest BCUT2D eigenvalue weighted by Gasteiger charge is -2.11. The van der Waals surface area contributed by atoms with Crippen molar-refractivity contribution in [3.63, 3.8) is 0 Å². The Hall–Kier alpha value is -3.74. The van der Waals surface area contributed by atoms with Crippen LogP contribution in [-0.2, 0) is 27.2 Å². The number of fused-ring (bicyclic) bond motifs is 2. The van der Waals surface area contributed by atoms with Gasteiger partial charge in [0.25, 0.3) is 5.56 Å². The zero-order valence-corrected chi connectivity index (χ0v) is 21.3. The summed E-state index contributed by atoms with van der Waals surface area (Å²) in [4.78, 5) is 18.1. The third-order valence-corrected chi connectivity index (χ3v) is 7.58. The summed E-state index contributed by atoms with van der Waals surface area (Å²) >= 11 is 12.0. The molecule has 1 aromatic carbocycles. The quantitative estimate of drug-likeness (QED) is 0.314. The molecule has 5 aromatic rings. The van der Waals surface area contributed by atoms with Crippen molar-refractivity contribution in [1.82, 2.24) is 28.5 Å². The Labute approximate surface area is 216 Å². The van der Waals surface area contributed by atoms with Crippen molar-refractivity contribution in [2.45, 2.75) is 25.9 Å². The molecule has 1 aliphatic carbocycles. The number of hydrogen-bond donors (Lipinski definition) is 0. The van der Waals surface area contributed by atoms with Crippen LogP contribution in [0, 0.1) is 22.0 Å². The fourth-order valence-corrected chi connectivity index (χ4v) is 5.21. The molecule has 4 aromatic heterocycles. The largest absolute Gasteiger partial charge is 0.348 e. The Bertz CT molecular complexity index is 1850. The molecule has 0 bridgehead atoms. The SMILES string of the molecule is Cn1cc(C#N)cc1-c1c2c(=O)n(C)c(=S)n(CC3CC3)c2nn1Cc1ccnc2ccc(Cl)cc12. The molecule has 1 saturated carbocycles. The molecule has 6 rings (SSSR count). The number of hydrogen-bond acceptors (Lipinski definition) is 5. The van der Waals surface area contributed by atoms with Crippen LogP contribution < -0.4 is 5.56 Å². The average Bonchev–Trinajstić information content (AvgIpc) is 3.51. The molecule has 0 radical (unpaired) electrons. The summed E-state index contributed by atoms with van der Waals surface area (Å²) in [5, 5.41) is 16.5. The van der Waals surface area contributed by atoms with Gasteiger partial charge in [0, 0.05) is 43.4 Å². The van der Waals surface area contributed by atoms with E-state index < -0.39 is 0 Å². The highest BCUT2D eigenvalue weighted by atomic mass is 35.5. The minimum absolute atomic E-state index is 0.203. The van der Waals surface area contributed by atoms with Crippen molar-refractivity contribution in [3.8, 4) is 17.5 Å². The maximum Gasteiger partial charge on any atom is 0.265 e. The van der Waals surface area contributed by atoms with Crippen molar-refractivity contribution in [1.29, 1.82) is 5.26 Å². The molecule has 4 heterocycles. The zero-order valence-electron chi connectivity index (χ0n) is 19.8. The van der Waals surface area contributed by atoms with Gasteiger partial charge in [-0.1, -0.05) is 11.6 Å². The number of pyridine rings is 1. The highest BCUT2D eigenvalue weighted by Gasteiger charge is 2.27. The number of aryl methyl sites for hydroxylation is 1. The molecule has 0 saturated heterocycles. The van der Waals surface area contributed by atoms with Crippen LogP contribution in [0.2, 0.25) is 5.02 Å². The van der Waals surface area contributed by atoms with E-state index in [-0.39, 0.29) is 5.56 Å². The molecular weight excluding hydrogens is 494 g/mol. The molecule has 10 heteroatoms. The van der Waals surface area contributed by atoms with E-state index in [4.69, 9.17) is 28.9 Å². The van der Waals surface area contributed by atoms with E-state index in [1.165, 1.54) is 4.57 Å². The molecule has 0 spiro atoms. The summed E-state index contributed by atoms with van der Waals surface area (Å²) < 4.78 is 7.67. The summed E-state index contributed by atoms with van der Waals surface area (Å²) in [6.45, 7) is 1.11. The Balaban J connectivity index is 1.67. The van der Waals surface area contributed by atoms with Crippen molar-refractivity contribution in [2.75, 3.05) is 0 Å². The lowest BCUT2D eigenvalue weighted by Crippen LogP contribution is -2.23. The van der Waals surface area contributed by atoms with Gasteiger partial charge in [0.1, 0.15) is 17.1 Å². The van der Waals surface area contributed by atoms with Gasteiger partial charge in [-0.3, -0.25) is 19.0 Å². The molecule has 0 aliphatic heterocycles. The van der Waals surface area contributed by atoms with Gasteiger partial charge in [-0.05, 0) is 66.9 Å². The van der Waals surface area contributed by atoms with E-state index >= 15 is 0 Å². The Morgan fingerprint density at radius 3 is 2.75 bits per heavy atom. The molecule has 0 atom stereocenters. The first-order valence-electron chi connectivity index (χ1n) is 11.7. The number of nitrogens with zero attached hydrogens (tertiary/aromatic N) is 7. The molecule has 0 amide bonds. The van der Waals surface area contributed by atoms with Gasteiger partial charge in [0.15, 0.2) is 10.4 Å². The number of halogens is 1. The minimum Gasteiger partial charge on any atom is -0.348 e. The van der Waals surface area contributed by atoms with Gasteiger partial charge in [0.2, 0.25) is 0 Å². The van der Waals surface area contributed by atoms with E-state index in [1.807, 2.05) is 45.1 Å². The van der Waals surface area contributed by atoms with Gasteiger partial charge in [-0.25, -0.2) is 0 Å². The highest BCUT2D eigenvalue weighted by Crippen LogP contribution is 2.34. The summed E-state index contributed by atoms with van der Waals surface area (Å²) in [6, 6.07) is 11.5. The van der Waals surface area contributed by atoms with Crippen LogP contribution in [-0.4, -0.2) is 28.5 Å². The standard InChI is InChI=1S/C26H22ClN7OS/c1-31-12-16(11-28)9-21(31)23-22-24(33(13-15-3-4-15)26(36)32(2)25(22)35)30-34(23)14-17-7-8-29-20-6-5-18(27)10-19(17)20/h5-10,12,15H,3-4,13-14H2,1-2H3. The fourth-order valence-electron chi connectivity index (χ4n) is 4.79. The highest BCUT2D eigenvalue weighted by molar-refractivity contribution is 7.71. The van der Waals surface area contributed by atoms with E-state index in [0.29, 0.717) is 44.5 Å². The van der Waals surface area contributed by atoms with Crippen LogP contribution in [0.25, 0.3) is 33.3 Å². The van der Waals surface area contributed by atoms with Crippen molar-refractivity contribution in [2.24, 2.45) is 20.0 Å². The number of rotatable bonds is 5. The topological polar surface area (TPSA) is 86.4 Å². The summed E-state index contributed by atoms with van der Waals surface area (Å²) in [6.07, 6.45) is 5.81. The molecule has 0 N–H and O–H groups in total. The predicted octanol–water partition coefficient (Wildman–Crippen LogP) is 4.80. The number of benzene rings is 1. The van der Waals surface area contributed by atoms with Gasteiger partial charge >= 0.3 is 0 Å². The van der Waals surface area contributed by atoms with Gasteiger partial charge in [0.05, 0.1) is 23.3 Å². The fraction of sp³-hybridized carbons (Fsp3) is 0.269. The van der Waals surface area contributed by atoms with E-state index in [9.17, 15) is 10.1 Å². The normalized spacial score (nSPS) is 13.5. The van der Waals surface area contributed by atoms with Gasteiger partial charge in [-0.2, -0.15) is 10.4 Å². The first-order valence-corrected chi connectivity index (χ1v) is 12.4. The van der Waals surface area contributed by atoms with Gasteiger partial charge < -0.3 is 9.13 Å². The maximum absolute atomic E-state index is 13.6. The molecular formula is C26H22ClN7OS. The summed E-state index contributed by atoms with van der Waals surface area (Å²) in [5.41, 5.74) is 4.06. The van der Waals surface area contributed by atoms with Crippen LogP contribution in [0.3, 0.4) is 0 Å². The molecule has 180 valence electrons. The van der Waals surface area contributed by atoms with Crippen molar-refractivity contribution < 1.29 is 0 Å². The predicted molar refractivity (Wildman–Crippen MR) is 141 cm³/mol. The Morgan fingerprint density at radius 2 is 2.03 bits per heavy atom. The summed E-state index contributed by atoms with van der Waals surface area (Å²) in [5.74, 6) is 0.539. The second-order valence-corrected chi connectivity index (χ2v) is 10.2. The molecule has 0 unspecified atom stereocenters. The Kier molecular flexibility index (Phi) is 5.32. The monoisotopic (exact) mass is 515 g/mol. The van der Waals surface area contributed by atoms with Crippen molar-refractivity contribution >= 4 is 45.8 Å². The second kappa shape index (κ2) is 8.43. The molecule has 1 aliphatic rings. The average molecular weight is 516 g/mol. The van der Waals surface area contributed by atoms with E-state index in [0.717, 1.165) is 41.5 Å². The minimum atomic E-state index is -0.203. The summed E-state index contributed by atoms with van der Waals surface area (Å²) in [7, 11) is 3.57. The van der Waals surface area contributed by atoms with E-state index in [2.05, 4.69) is 11.1 Å². The molecule has 8 nitrogen and oxygen atoms in total. The molecule has 1 fully saturated rings. The van der Waals surface area contributed by atoms with Crippen molar-refractivity contribution in [3.05, 3.63) is 74.0 Å². The van der Waals surface area contributed by atoms with Crippen LogP contribution in [0.15, 0.2) is 47.5 Å². The lowest BCUT2D eigenvalue weighted by molar-refractivity contribution is 0.588. The van der Waals surface area contributed by atoms with Crippen LogP contribution in [0.5, 0.6) is 0 Å². The van der Waals surface area contributed by atoms with Crippen LogP contribution >= 0.6 is 23.8 Å². The number of aromatic nitrogens is 6. The second-order valence-electron chi connectivity index (χ2n) is 9.37. The third kappa shape index (κ3) is 3.65. The first-order chi connectivity index (χ1) is 17.4. The lowest BCUT2D eigenvalue weighted by atomic mass is 10.1. The van der Waals surface area contributed by atoms with Crippen LogP contribution in [0.4, 0.5) is 0 Å². The molecule has 36 heavy (non-hydrogen) atoms.